The number of rotatable bonds is 15. The molecule has 5 aromatic rings. The average molecular weight is 768 g/mol. The molecule has 0 aliphatic heterocycles. The number of ether oxygens (including phenoxy) is 1. The van der Waals surface area contributed by atoms with Crippen LogP contribution in [-0.4, -0.2) is 53.4 Å². The van der Waals surface area contributed by atoms with Gasteiger partial charge < -0.3 is 25.8 Å². The first-order chi connectivity index (χ1) is 27.1. The fraction of sp³-hybridized carbons (Fsp3) is 0.217. The van der Waals surface area contributed by atoms with E-state index in [9.17, 15) is 24.3 Å². The van der Waals surface area contributed by atoms with Crippen LogP contribution in [0.5, 0.6) is 0 Å². The lowest BCUT2D eigenvalue weighted by molar-refractivity contribution is -0.135. The standard InChI is InChI=1S/C46H45N3O6S/c1-4-39(44(52)53)47-42(50)40(29-56-46(31-18-8-5-9-19-31,32-20-10-6-11-21-32)33-22-12-7-13-23-33)48-43(51)41(30(2)3)49-45(54)55-28-38-36-26-16-14-24-34(36)35-25-15-17-27-37(35)38/h4-27,30,38,40-41H,28-29H2,1-3H3,(H,47,50)(H,48,51)(H,49,54)(H,52,53)/b39-4-/t40-,41+/m1/s1. The van der Waals surface area contributed by atoms with E-state index in [1.165, 1.54) is 24.8 Å². The van der Waals surface area contributed by atoms with Gasteiger partial charge in [-0.2, -0.15) is 0 Å². The summed E-state index contributed by atoms with van der Waals surface area (Å²) in [5.74, 6) is -3.18. The topological polar surface area (TPSA) is 134 Å². The van der Waals surface area contributed by atoms with Crippen molar-refractivity contribution < 1.29 is 29.0 Å². The Kier molecular flexibility index (Phi) is 12.7. The van der Waals surface area contributed by atoms with Gasteiger partial charge in [0, 0.05) is 11.7 Å². The van der Waals surface area contributed by atoms with E-state index in [2.05, 4.69) is 28.1 Å². The second-order valence-corrected chi connectivity index (χ2v) is 15.1. The van der Waals surface area contributed by atoms with Crippen molar-refractivity contribution in [3.05, 3.63) is 179 Å². The van der Waals surface area contributed by atoms with E-state index < -0.39 is 46.6 Å². The van der Waals surface area contributed by atoms with Crippen LogP contribution in [0.15, 0.2) is 151 Å². The first kappa shape index (κ1) is 39.6. The molecule has 3 amide bonds. The first-order valence-electron chi connectivity index (χ1n) is 18.6. The van der Waals surface area contributed by atoms with Gasteiger partial charge in [-0.3, -0.25) is 9.59 Å². The molecule has 0 saturated carbocycles. The molecular formula is C46H45N3O6S. The normalized spacial score (nSPS) is 13.5. The molecule has 6 rings (SSSR count). The summed E-state index contributed by atoms with van der Waals surface area (Å²) in [6, 6.07) is 43.4. The predicted octanol–water partition coefficient (Wildman–Crippen LogP) is 7.86. The van der Waals surface area contributed by atoms with Crippen LogP contribution in [-0.2, 0) is 23.9 Å². The van der Waals surface area contributed by atoms with Gasteiger partial charge in [-0.05, 0) is 51.8 Å². The van der Waals surface area contributed by atoms with Crippen molar-refractivity contribution in [1.82, 2.24) is 16.0 Å². The molecule has 0 saturated heterocycles. The molecule has 0 spiro atoms. The van der Waals surface area contributed by atoms with E-state index in [1.54, 1.807) is 13.8 Å². The number of benzene rings is 5. The van der Waals surface area contributed by atoms with Gasteiger partial charge >= 0.3 is 12.1 Å². The Morgan fingerprint density at radius 1 is 0.696 bits per heavy atom. The molecule has 2 atom stereocenters. The molecule has 1 aliphatic rings. The second-order valence-electron chi connectivity index (χ2n) is 13.8. The molecule has 4 N–H and O–H groups in total. The molecule has 10 heteroatoms. The molecule has 5 aromatic carbocycles. The third kappa shape index (κ3) is 8.56. The lowest BCUT2D eigenvalue weighted by atomic mass is 9.84. The zero-order chi connectivity index (χ0) is 39.7. The molecule has 0 aromatic heterocycles. The van der Waals surface area contributed by atoms with Gasteiger partial charge in [-0.1, -0.05) is 159 Å². The van der Waals surface area contributed by atoms with Crippen LogP contribution >= 0.6 is 11.8 Å². The molecule has 0 fully saturated rings. The minimum Gasteiger partial charge on any atom is -0.477 e. The van der Waals surface area contributed by atoms with Crippen LogP contribution in [0.4, 0.5) is 4.79 Å². The minimum atomic E-state index is -1.32. The predicted molar refractivity (Wildman–Crippen MR) is 220 cm³/mol. The largest absolute Gasteiger partial charge is 0.477 e. The van der Waals surface area contributed by atoms with Crippen LogP contribution < -0.4 is 16.0 Å². The Labute approximate surface area is 331 Å². The highest BCUT2D eigenvalue weighted by molar-refractivity contribution is 8.00. The molecule has 1 aliphatic carbocycles. The lowest BCUT2D eigenvalue weighted by Gasteiger charge is -2.36. The lowest BCUT2D eigenvalue weighted by Crippen LogP contribution is -2.56. The fourth-order valence-corrected chi connectivity index (χ4v) is 8.75. The molecular weight excluding hydrogens is 723 g/mol. The maximum Gasteiger partial charge on any atom is 0.407 e. The summed E-state index contributed by atoms with van der Waals surface area (Å²) in [4.78, 5) is 53.5. The molecule has 9 nitrogen and oxygen atoms in total. The Morgan fingerprint density at radius 2 is 1.16 bits per heavy atom. The SMILES string of the molecule is C/C=C(\NC(=O)[C@@H](CSC(c1ccccc1)(c1ccccc1)c1ccccc1)NC(=O)[C@@H](NC(=O)OCC1c2ccccc2-c2ccccc21)C(C)C)C(=O)O. The van der Waals surface area contributed by atoms with Crippen molar-refractivity contribution in [2.45, 2.75) is 43.5 Å². The minimum absolute atomic E-state index is 0.0304. The first-order valence-corrected chi connectivity index (χ1v) is 19.6. The average Bonchev–Trinajstić information content (AvgIpc) is 3.55. The van der Waals surface area contributed by atoms with Crippen molar-refractivity contribution in [2.24, 2.45) is 5.92 Å². The zero-order valence-corrected chi connectivity index (χ0v) is 32.3. The Balaban J connectivity index is 1.25. The monoisotopic (exact) mass is 767 g/mol. The van der Waals surface area contributed by atoms with Crippen molar-refractivity contribution in [3.63, 3.8) is 0 Å². The molecule has 0 heterocycles. The number of allylic oxidation sites excluding steroid dienone is 1. The van der Waals surface area contributed by atoms with Crippen molar-refractivity contribution in [1.29, 1.82) is 0 Å². The summed E-state index contributed by atoms with van der Waals surface area (Å²) in [5, 5.41) is 17.8. The van der Waals surface area contributed by atoms with Crippen molar-refractivity contribution >= 4 is 35.6 Å². The number of amides is 3. The summed E-state index contributed by atoms with van der Waals surface area (Å²) in [5.41, 5.74) is 6.84. The van der Waals surface area contributed by atoms with Gasteiger partial charge in [-0.15, -0.1) is 11.8 Å². The molecule has 0 unspecified atom stereocenters. The summed E-state index contributed by atoms with van der Waals surface area (Å²) in [6.07, 6.45) is 0.513. The summed E-state index contributed by atoms with van der Waals surface area (Å²) < 4.78 is 4.94. The summed E-state index contributed by atoms with van der Waals surface area (Å²) in [7, 11) is 0. The summed E-state index contributed by atoms with van der Waals surface area (Å²) in [6.45, 7) is 5.14. The number of carbonyl (C=O) groups is 4. The Hall–Kier alpha value is -6.13. The Morgan fingerprint density at radius 3 is 1.61 bits per heavy atom. The molecule has 0 radical (unpaired) electrons. The van der Waals surface area contributed by atoms with Crippen LogP contribution in [0, 0.1) is 5.92 Å². The van der Waals surface area contributed by atoms with Gasteiger partial charge in [0.1, 0.15) is 24.4 Å². The number of carboxylic acids is 1. The van der Waals surface area contributed by atoms with E-state index in [0.717, 1.165) is 38.9 Å². The number of hydrogen-bond donors (Lipinski definition) is 4. The zero-order valence-electron chi connectivity index (χ0n) is 31.5. The van der Waals surface area contributed by atoms with E-state index in [0.29, 0.717) is 0 Å². The van der Waals surface area contributed by atoms with Crippen LogP contribution in [0.1, 0.15) is 54.5 Å². The van der Waals surface area contributed by atoms with Crippen LogP contribution in [0.25, 0.3) is 11.1 Å². The van der Waals surface area contributed by atoms with Crippen LogP contribution in [0.3, 0.4) is 0 Å². The molecule has 56 heavy (non-hydrogen) atoms. The van der Waals surface area contributed by atoms with Gasteiger partial charge in [0.05, 0.1) is 4.75 Å². The number of hydrogen-bond acceptors (Lipinski definition) is 6. The number of carboxylic acid groups (broad SMARTS) is 1. The van der Waals surface area contributed by atoms with Gasteiger partial charge in [0.25, 0.3) is 0 Å². The summed E-state index contributed by atoms with van der Waals surface area (Å²) >= 11 is 1.44. The van der Waals surface area contributed by atoms with Crippen molar-refractivity contribution in [3.8, 4) is 11.1 Å². The maximum absolute atomic E-state index is 14.1. The van der Waals surface area contributed by atoms with E-state index in [-0.39, 0.29) is 24.0 Å². The smallest absolute Gasteiger partial charge is 0.407 e. The number of carbonyl (C=O) groups excluding carboxylic acids is 3. The third-order valence-corrected chi connectivity index (χ3v) is 11.6. The van der Waals surface area contributed by atoms with Gasteiger partial charge in [0.15, 0.2) is 0 Å². The Bertz CT molecular complexity index is 2050. The highest BCUT2D eigenvalue weighted by atomic mass is 32.2. The third-order valence-electron chi connectivity index (χ3n) is 9.98. The molecule has 286 valence electrons. The van der Waals surface area contributed by atoms with Crippen molar-refractivity contribution in [2.75, 3.05) is 12.4 Å². The fourth-order valence-electron chi connectivity index (χ4n) is 7.19. The number of aliphatic carboxylic acids is 1. The number of thioether (sulfide) groups is 1. The van der Waals surface area contributed by atoms with E-state index >= 15 is 0 Å². The quantitative estimate of drug-likeness (QED) is 0.0630. The van der Waals surface area contributed by atoms with E-state index in [4.69, 9.17) is 4.74 Å². The van der Waals surface area contributed by atoms with E-state index in [1.807, 2.05) is 127 Å². The number of fused-ring (bicyclic) bond motifs is 3. The van der Waals surface area contributed by atoms with Gasteiger partial charge in [-0.25, -0.2) is 9.59 Å². The number of alkyl carbamates (subject to hydrolysis) is 1. The van der Waals surface area contributed by atoms with Gasteiger partial charge in [0.2, 0.25) is 11.8 Å². The number of nitrogens with one attached hydrogen (secondary N) is 3. The van der Waals surface area contributed by atoms with Crippen LogP contribution in [0.2, 0.25) is 0 Å². The highest BCUT2D eigenvalue weighted by Gasteiger charge is 2.39. The second kappa shape index (κ2) is 18.0. The molecule has 0 bridgehead atoms. The highest BCUT2D eigenvalue weighted by Crippen LogP contribution is 2.49. The maximum atomic E-state index is 14.1.